The summed E-state index contributed by atoms with van der Waals surface area (Å²) in [7, 11) is 0. The number of pyridine rings is 1. The van der Waals surface area contributed by atoms with Gasteiger partial charge in [0.05, 0.1) is 17.5 Å². The fraction of sp³-hybridized carbons (Fsp3) is 0.316. The van der Waals surface area contributed by atoms with Crippen LogP contribution in [0.4, 0.5) is 4.39 Å². The number of aryl methyl sites for hydroxylation is 2. The predicted octanol–water partition coefficient (Wildman–Crippen LogP) is 2.45. The Bertz CT molecular complexity index is 999. The minimum Gasteiger partial charge on any atom is -0.383 e. The Morgan fingerprint density at radius 1 is 1.31 bits per heavy atom. The van der Waals surface area contributed by atoms with Gasteiger partial charge in [-0.3, -0.25) is 9.89 Å². The molecule has 1 aromatic carbocycles. The molecule has 3 heterocycles. The number of nitrogens with zero attached hydrogens (tertiary/aromatic N) is 3. The summed E-state index contributed by atoms with van der Waals surface area (Å²) in [5.74, 6) is -0.517. The van der Waals surface area contributed by atoms with Crippen LogP contribution in [-0.2, 0) is 5.60 Å². The number of likely N-dealkylation sites (tertiary alicyclic amines) is 1. The molecule has 0 bridgehead atoms. The number of aromatic amines is 1. The molecule has 1 saturated heterocycles. The lowest BCUT2D eigenvalue weighted by molar-refractivity contribution is 0.0417. The van der Waals surface area contributed by atoms with E-state index in [2.05, 4.69) is 15.2 Å². The van der Waals surface area contributed by atoms with Crippen molar-refractivity contribution in [2.75, 3.05) is 13.1 Å². The predicted molar refractivity (Wildman–Crippen MR) is 94.2 cm³/mol. The molecule has 0 aliphatic carbocycles. The van der Waals surface area contributed by atoms with E-state index in [-0.39, 0.29) is 18.3 Å². The molecule has 1 unspecified atom stereocenters. The zero-order valence-electron chi connectivity index (χ0n) is 14.6. The molecule has 1 atom stereocenters. The van der Waals surface area contributed by atoms with E-state index >= 15 is 0 Å². The number of fused-ring (bicyclic) bond motifs is 1. The van der Waals surface area contributed by atoms with Crippen LogP contribution in [0.15, 0.2) is 30.3 Å². The van der Waals surface area contributed by atoms with E-state index in [1.54, 1.807) is 23.1 Å². The zero-order chi connectivity index (χ0) is 18.5. The lowest BCUT2D eigenvalue weighted by Gasteiger charge is -2.24. The van der Waals surface area contributed by atoms with Gasteiger partial charge < -0.3 is 10.0 Å². The monoisotopic (exact) mass is 354 g/mol. The van der Waals surface area contributed by atoms with Crippen molar-refractivity contribution in [2.24, 2.45) is 0 Å². The molecule has 3 aromatic rings. The van der Waals surface area contributed by atoms with Gasteiger partial charge in [-0.1, -0.05) is 12.1 Å². The average molecular weight is 354 g/mol. The minimum absolute atomic E-state index is 0.164. The third-order valence-electron chi connectivity index (χ3n) is 4.98. The zero-order valence-corrected chi connectivity index (χ0v) is 14.6. The number of aromatic nitrogens is 3. The second-order valence-corrected chi connectivity index (χ2v) is 6.87. The number of carbonyl (C=O) groups excluding carboxylic acids is 1. The highest BCUT2D eigenvalue weighted by Crippen LogP contribution is 2.33. The second-order valence-electron chi connectivity index (χ2n) is 6.87. The number of hydrogen-bond acceptors (Lipinski definition) is 4. The summed E-state index contributed by atoms with van der Waals surface area (Å²) in [5, 5.41) is 18.7. The Balaban J connectivity index is 1.66. The van der Waals surface area contributed by atoms with Gasteiger partial charge in [0, 0.05) is 17.9 Å². The van der Waals surface area contributed by atoms with Gasteiger partial charge in [-0.05, 0) is 44.0 Å². The summed E-state index contributed by atoms with van der Waals surface area (Å²) in [4.78, 5) is 19.1. The lowest BCUT2D eigenvalue weighted by atomic mass is 9.93. The van der Waals surface area contributed by atoms with E-state index in [0.29, 0.717) is 40.8 Å². The molecule has 1 fully saturated rings. The molecular weight excluding hydrogens is 335 g/mol. The van der Waals surface area contributed by atoms with Crippen LogP contribution in [0.3, 0.4) is 0 Å². The molecular formula is C19H19FN4O2. The van der Waals surface area contributed by atoms with Gasteiger partial charge in [0.1, 0.15) is 11.4 Å². The fourth-order valence-corrected chi connectivity index (χ4v) is 3.60. The Hall–Kier alpha value is -2.80. The molecule has 2 N–H and O–H groups in total. The fourth-order valence-electron chi connectivity index (χ4n) is 3.60. The Kier molecular flexibility index (Phi) is 3.77. The van der Waals surface area contributed by atoms with Gasteiger partial charge in [-0.15, -0.1) is 0 Å². The van der Waals surface area contributed by atoms with Gasteiger partial charge >= 0.3 is 0 Å². The van der Waals surface area contributed by atoms with E-state index in [1.807, 2.05) is 13.8 Å². The van der Waals surface area contributed by atoms with Crippen molar-refractivity contribution in [3.8, 4) is 0 Å². The molecule has 0 radical (unpaired) electrons. The lowest BCUT2D eigenvalue weighted by Crippen LogP contribution is -2.34. The normalized spacial score (nSPS) is 20.1. The van der Waals surface area contributed by atoms with Crippen molar-refractivity contribution in [1.82, 2.24) is 20.1 Å². The Morgan fingerprint density at radius 3 is 2.77 bits per heavy atom. The van der Waals surface area contributed by atoms with Crippen molar-refractivity contribution in [3.05, 3.63) is 58.7 Å². The number of hydrogen-bond donors (Lipinski definition) is 2. The summed E-state index contributed by atoms with van der Waals surface area (Å²) in [6.45, 7) is 4.25. The Labute approximate surface area is 149 Å². The van der Waals surface area contributed by atoms with Gasteiger partial charge in [0.2, 0.25) is 0 Å². The highest BCUT2D eigenvalue weighted by Gasteiger charge is 2.40. The Morgan fingerprint density at radius 2 is 2.04 bits per heavy atom. The van der Waals surface area contributed by atoms with Gasteiger partial charge in [0.25, 0.3) is 5.91 Å². The van der Waals surface area contributed by atoms with Crippen molar-refractivity contribution in [3.63, 3.8) is 0 Å². The first-order chi connectivity index (χ1) is 12.4. The van der Waals surface area contributed by atoms with Crippen LogP contribution in [0.1, 0.15) is 33.7 Å². The molecule has 0 saturated carbocycles. The van der Waals surface area contributed by atoms with Crippen LogP contribution < -0.4 is 0 Å². The molecule has 6 nitrogen and oxygen atoms in total. The van der Waals surface area contributed by atoms with E-state index < -0.39 is 5.60 Å². The smallest absolute Gasteiger partial charge is 0.254 e. The largest absolute Gasteiger partial charge is 0.383 e. The SMILES string of the molecule is Cc1cc(C(=O)N2CCC(O)(c3ccc(F)cc3)C2)c2c(C)[nH]nc2n1. The van der Waals surface area contributed by atoms with E-state index in [0.717, 1.165) is 5.69 Å². The molecule has 7 heteroatoms. The van der Waals surface area contributed by atoms with Crippen LogP contribution in [0.25, 0.3) is 11.0 Å². The molecule has 1 aliphatic rings. The molecule has 1 aliphatic heterocycles. The average Bonchev–Trinajstić information content (AvgIpc) is 3.18. The quantitative estimate of drug-likeness (QED) is 0.741. The summed E-state index contributed by atoms with van der Waals surface area (Å²) < 4.78 is 13.2. The summed E-state index contributed by atoms with van der Waals surface area (Å²) >= 11 is 0. The maximum Gasteiger partial charge on any atom is 0.254 e. The summed E-state index contributed by atoms with van der Waals surface area (Å²) in [6, 6.07) is 7.53. The number of rotatable bonds is 2. The highest BCUT2D eigenvalue weighted by molar-refractivity contribution is 6.06. The first kappa shape index (κ1) is 16.7. The number of amides is 1. The number of β-amino-alcohol motifs (C(OH)–C–C–N with tert-alkyl or cyclic N) is 1. The molecule has 1 amide bonds. The van der Waals surface area contributed by atoms with E-state index in [1.165, 1.54) is 12.1 Å². The van der Waals surface area contributed by atoms with E-state index in [4.69, 9.17) is 0 Å². The van der Waals surface area contributed by atoms with Gasteiger partial charge in [-0.25, -0.2) is 9.37 Å². The first-order valence-corrected chi connectivity index (χ1v) is 8.47. The van der Waals surface area contributed by atoms with Crippen molar-refractivity contribution >= 4 is 16.9 Å². The highest BCUT2D eigenvalue weighted by atomic mass is 19.1. The topological polar surface area (TPSA) is 82.1 Å². The van der Waals surface area contributed by atoms with Gasteiger partial charge in [-0.2, -0.15) is 5.10 Å². The van der Waals surface area contributed by atoms with Crippen LogP contribution in [-0.4, -0.2) is 44.2 Å². The molecule has 2 aromatic heterocycles. The van der Waals surface area contributed by atoms with E-state index in [9.17, 15) is 14.3 Å². The third-order valence-corrected chi connectivity index (χ3v) is 4.98. The number of carbonyl (C=O) groups is 1. The van der Waals surface area contributed by atoms with Crippen LogP contribution in [0, 0.1) is 19.7 Å². The molecule has 134 valence electrons. The summed E-state index contributed by atoms with van der Waals surface area (Å²) in [6.07, 6.45) is 0.405. The number of aliphatic hydroxyl groups is 1. The number of halogens is 1. The van der Waals surface area contributed by atoms with Crippen molar-refractivity contribution in [1.29, 1.82) is 0 Å². The van der Waals surface area contributed by atoms with Gasteiger partial charge in [0.15, 0.2) is 5.65 Å². The van der Waals surface area contributed by atoms with Crippen molar-refractivity contribution < 1.29 is 14.3 Å². The number of H-pyrrole nitrogens is 1. The van der Waals surface area contributed by atoms with Crippen LogP contribution in [0.2, 0.25) is 0 Å². The summed E-state index contributed by atoms with van der Waals surface area (Å²) in [5.41, 5.74) is 1.98. The van der Waals surface area contributed by atoms with Crippen LogP contribution in [0.5, 0.6) is 0 Å². The first-order valence-electron chi connectivity index (χ1n) is 8.47. The molecule has 26 heavy (non-hydrogen) atoms. The maximum atomic E-state index is 13.2. The second kappa shape index (κ2) is 5.88. The van der Waals surface area contributed by atoms with Crippen LogP contribution >= 0.6 is 0 Å². The number of nitrogens with one attached hydrogen (secondary N) is 1. The minimum atomic E-state index is -1.17. The maximum absolute atomic E-state index is 13.2. The molecule has 4 rings (SSSR count). The third kappa shape index (κ3) is 2.64. The van der Waals surface area contributed by atoms with Crippen molar-refractivity contribution in [2.45, 2.75) is 25.9 Å². The molecule has 0 spiro atoms. The standard InChI is InChI=1S/C19H19FN4O2/c1-11-9-15(16-12(2)22-23-17(16)21-11)18(25)24-8-7-19(26,10-24)13-3-5-14(20)6-4-13/h3-6,9,26H,7-8,10H2,1-2H3,(H,21,22,23). The number of benzene rings is 1.